The fraction of sp³-hybridized carbons (Fsp3) is 0.312. The maximum absolute atomic E-state index is 13.5. The van der Waals surface area contributed by atoms with Gasteiger partial charge in [0.15, 0.2) is 6.10 Å². The van der Waals surface area contributed by atoms with Gasteiger partial charge in [0.05, 0.1) is 18.1 Å². The van der Waals surface area contributed by atoms with Crippen molar-refractivity contribution in [3.05, 3.63) is 57.3 Å². The Morgan fingerprint density at radius 3 is 2.77 bits per heavy atom. The van der Waals surface area contributed by atoms with Crippen molar-refractivity contribution in [2.75, 3.05) is 6.61 Å². The maximum Gasteiger partial charge on any atom is 0.156 e. The first-order chi connectivity index (χ1) is 10.6. The van der Waals surface area contributed by atoms with Gasteiger partial charge < -0.3 is 9.57 Å². The number of hydrogen-bond acceptors (Lipinski definition) is 4. The maximum atomic E-state index is 13.5. The summed E-state index contributed by atoms with van der Waals surface area (Å²) in [5, 5.41) is 6.09. The van der Waals surface area contributed by atoms with Crippen LogP contribution in [0.1, 0.15) is 22.4 Å². The van der Waals surface area contributed by atoms with Crippen molar-refractivity contribution in [3.63, 3.8) is 0 Å². The summed E-state index contributed by atoms with van der Waals surface area (Å²) in [6, 6.07) is 5.80. The highest BCUT2D eigenvalue weighted by atomic mass is 32.1. The van der Waals surface area contributed by atoms with Gasteiger partial charge >= 0.3 is 0 Å². The molecule has 22 heavy (non-hydrogen) atoms. The van der Waals surface area contributed by atoms with Gasteiger partial charge in [-0.3, -0.25) is 0 Å². The second kappa shape index (κ2) is 6.54. The van der Waals surface area contributed by atoms with Crippen LogP contribution in [0.2, 0.25) is 0 Å². The highest BCUT2D eigenvalue weighted by Crippen LogP contribution is 2.24. The van der Waals surface area contributed by atoms with E-state index in [1.54, 1.807) is 11.3 Å². The highest BCUT2D eigenvalue weighted by Gasteiger charge is 2.24. The van der Waals surface area contributed by atoms with Crippen LogP contribution in [-0.2, 0) is 16.2 Å². The molecule has 2 heterocycles. The van der Waals surface area contributed by atoms with Gasteiger partial charge in [0.2, 0.25) is 0 Å². The Labute approximate surface area is 131 Å². The molecule has 0 spiro atoms. The molecule has 3 nitrogen and oxygen atoms in total. The Morgan fingerprint density at radius 1 is 1.32 bits per heavy atom. The third kappa shape index (κ3) is 3.18. The fourth-order valence-corrected chi connectivity index (χ4v) is 3.20. The molecular formula is C16H15F2NO2S. The van der Waals surface area contributed by atoms with Gasteiger partial charge in [0.1, 0.15) is 17.3 Å². The summed E-state index contributed by atoms with van der Waals surface area (Å²) < 4.78 is 32.3. The van der Waals surface area contributed by atoms with Crippen LogP contribution >= 0.6 is 11.3 Å². The van der Waals surface area contributed by atoms with Gasteiger partial charge in [0, 0.05) is 12.0 Å². The topological polar surface area (TPSA) is 30.8 Å². The van der Waals surface area contributed by atoms with Crippen molar-refractivity contribution in [1.82, 2.24) is 0 Å². The van der Waals surface area contributed by atoms with E-state index in [4.69, 9.17) is 9.57 Å². The van der Waals surface area contributed by atoms with E-state index in [9.17, 15) is 8.78 Å². The Hall–Kier alpha value is -1.79. The third-order valence-electron chi connectivity index (χ3n) is 3.47. The molecule has 0 saturated carbocycles. The van der Waals surface area contributed by atoms with Crippen molar-refractivity contribution in [2.45, 2.75) is 26.1 Å². The van der Waals surface area contributed by atoms with Crippen LogP contribution in [0.4, 0.5) is 8.78 Å². The Kier molecular flexibility index (Phi) is 4.49. The Morgan fingerprint density at radius 2 is 2.09 bits per heavy atom. The van der Waals surface area contributed by atoms with E-state index in [-0.39, 0.29) is 24.9 Å². The van der Waals surface area contributed by atoms with Crippen LogP contribution in [-0.4, -0.2) is 18.4 Å². The molecule has 1 aliphatic heterocycles. The zero-order valence-electron chi connectivity index (χ0n) is 12.0. The average Bonchev–Trinajstić information content (AvgIpc) is 3.11. The van der Waals surface area contributed by atoms with Crippen molar-refractivity contribution in [2.24, 2.45) is 5.16 Å². The summed E-state index contributed by atoms with van der Waals surface area (Å²) in [4.78, 5) is 6.44. The quantitative estimate of drug-likeness (QED) is 0.831. The average molecular weight is 323 g/mol. The summed E-state index contributed by atoms with van der Waals surface area (Å²) in [5.41, 5.74) is 2.01. The normalized spacial score (nSPS) is 17.4. The third-order valence-corrected chi connectivity index (χ3v) is 4.53. The lowest BCUT2D eigenvalue weighted by Gasteiger charge is -2.10. The molecule has 0 N–H and O–H groups in total. The van der Waals surface area contributed by atoms with Gasteiger partial charge in [-0.1, -0.05) is 11.2 Å². The standard InChI is InChI=1S/C16H15F2NO2S/c1-10-5-6-22-16(10)15-7-11(21-19-15)8-20-9-12-13(17)3-2-4-14(12)18/h2-6,11H,7-9H2,1H3. The molecule has 0 bridgehead atoms. The molecule has 0 saturated heterocycles. The van der Waals surface area contributed by atoms with E-state index >= 15 is 0 Å². The second-order valence-corrected chi connectivity index (χ2v) is 6.03. The number of hydrogen-bond donors (Lipinski definition) is 0. The monoisotopic (exact) mass is 323 g/mol. The molecule has 1 aromatic heterocycles. The van der Waals surface area contributed by atoms with E-state index in [1.807, 2.05) is 18.4 Å². The van der Waals surface area contributed by atoms with E-state index < -0.39 is 11.6 Å². The second-order valence-electron chi connectivity index (χ2n) is 5.12. The molecule has 0 fully saturated rings. The number of oxime groups is 1. The molecule has 2 aromatic rings. The predicted octanol–water partition coefficient (Wildman–Crippen LogP) is 4.04. The number of nitrogens with zero attached hydrogens (tertiary/aromatic N) is 1. The lowest BCUT2D eigenvalue weighted by Crippen LogP contribution is -2.16. The van der Waals surface area contributed by atoms with Crippen molar-refractivity contribution in [1.29, 1.82) is 0 Å². The van der Waals surface area contributed by atoms with Crippen LogP contribution in [0.15, 0.2) is 34.8 Å². The van der Waals surface area contributed by atoms with E-state index in [0.717, 1.165) is 10.6 Å². The van der Waals surface area contributed by atoms with E-state index in [2.05, 4.69) is 5.16 Å². The molecular weight excluding hydrogens is 308 g/mol. The molecule has 0 aliphatic carbocycles. The summed E-state index contributed by atoms with van der Waals surface area (Å²) in [6.45, 7) is 2.15. The molecule has 1 unspecified atom stereocenters. The number of aryl methyl sites for hydroxylation is 1. The molecule has 116 valence electrons. The Balaban J connectivity index is 1.51. The van der Waals surface area contributed by atoms with Crippen LogP contribution < -0.4 is 0 Å². The SMILES string of the molecule is Cc1ccsc1C1=NOC(COCc2c(F)cccc2F)C1. The first kappa shape index (κ1) is 15.1. The lowest BCUT2D eigenvalue weighted by atomic mass is 10.1. The number of thiophene rings is 1. The van der Waals surface area contributed by atoms with Crippen LogP contribution in [0.5, 0.6) is 0 Å². The fourth-order valence-electron chi connectivity index (χ4n) is 2.28. The molecule has 1 atom stereocenters. The number of ether oxygens (including phenoxy) is 1. The van der Waals surface area contributed by atoms with Crippen LogP contribution in [0, 0.1) is 18.6 Å². The summed E-state index contributed by atoms with van der Waals surface area (Å²) in [5.74, 6) is -1.20. The minimum Gasteiger partial charge on any atom is -0.389 e. The zero-order chi connectivity index (χ0) is 15.5. The number of benzene rings is 1. The van der Waals surface area contributed by atoms with Gasteiger partial charge in [-0.2, -0.15) is 0 Å². The smallest absolute Gasteiger partial charge is 0.156 e. The number of halogens is 2. The summed E-state index contributed by atoms with van der Waals surface area (Å²) in [6.07, 6.45) is 0.424. The largest absolute Gasteiger partial charge is 0.389 e. The van der Waals surface area contributed by atoms with E-state index in [1.165, 1.54) is 23.8 Å². The zero-order valence-corrected chi connectivity index (χ0v) is 12.8. The molecule has 1 aromatic carbocycles. The molecule has 0 amide bonds. The minimum atomic E-state index is -0.599. The van der Waals surface area contributed by atoms with Gasteiger partial charge in [-0.25, -0.2) is 8.78 Å². The molecule has 3 rings (SSSR count). The highest BCUT2D eigenvalue weighted by molar-refractivity contribution is 7.12. The van der Waals surface area contributed by atoms with Crippen LogP contribution in [0.25, 0.3) is 0 Å². The number of rotatable bonds is 5. The first-order valence-electron chi connectivity index (χ1n) is 6.93. The van der Waals surface area contributed by atoms with Gasteiger partial charge in [-0.05, 0) is 36.1 Å². The van der Waals surface area contributed by atoms with Crippen molar-refractivity contribution >= 4 is 17.0 Å². The van der Waals surface area contributed by atoms with Crippen molar-refractivity contribution in [3.8, 4) is 0 Å². The van der Waals surface area contributed by atoms with E-state index in [0.29, 0.717) is 6.42 Å². The van der Waals surface area contributed by atoms with Crippen LogP contribution in [0.3, 0.4) is 0 Å². The summed E-state index contributed by atoms with van der Waals surface area (Å²) in [7, 11) is 0. The van der Waals surface area contributed by atoms with Gasteiger partial charge in [-0.15, -0.1) is 11.3 Å². The summed E-state index contributed by atoms with van der Waals surface area (Å²) >= 11 is 1.62. The molecule has 0 radical (unpaired) electrons. The lowest BCUT2D eigenvalue weighted by molar-refractivity contribution is -0.00438. The van der Waals surface area contributed by atoms with Gasteiger partial charge in [0.25, 0.3) is 0 Å². The Bertz CT molecular complexity index is 679. The molecule has 6 heteroatoms. The minimum absolute atomic E-state index is 0.0595. The predicted molar refractivity (Wildman–Crippen MR) is 81.1 cm³/mol. The molecule has 1 aliphatic rings. The first-order valence-corrected chi connectivity index (χ1v) is 7.81. The van der Waals surface area contributed by atoms with Crippen molar-refractivity contribution < 1.29 is 18.4 Å².